The van der Waals surface area contributed by atoms with Gasteiger partial charge in [0, 0.05) is 22.9 Å². The molecule has 2 amide bonds. The quantitative estimate of drug-likeness (QED) is 0.344. The third-order valence-electron chi connectivity index (χ3n) is 4.78. The van der Waals surface area contributed by atoms with Crippen molar-refractivity contribution in [2.24, 2.45) is 0 Å². The Morgan fingerprint density at radius 1 is 1.09 bits per heavy atom. The molecule has 4 rings (SSSR count). The second kappa shape index (κ2) is 10.0. The first-order chi connectivity index (χ1) is 16.0. The number of ether oxygens (including phenoxy) is 1. The molecule has 0 saturated carbocycles. The molecule has 2 aromatic carbocycles. The van der Waals surface area contributed by atoms with Crippen molar-refractivity contribution in [1.29, 1.82) is 0 Å². The van der Waals surface area contributed by atoms with Gasteiger partial charge in [-0.3, -0.25) is 24.8 Å². The summed E-state index contributed by atoms with van der Waals surface area (Å²) >= 11 is 1.29. The van der Waals surface area contributed by atoms with E-state index in [0.717, 1.165) is 16.8 Å². The van der Waals surface area contributed by atoms with E-state index >= 15 is 0 Å². The third kappa shape index (κ3) is 5.42. The number of amides is 2. The van der Waals surface area contributed by atoms with Crippen molar-refractivity contribution >= 4 is 45.2 Å². The summed E-state index contributed by atoms with van der Waals surface area (Å²) in [6.45, 7) is 1.54. The minimum absolute atomic E-state index is 0.0557. The molecule has 0 aliphatic carbocycles. The lowest BCUT2D eigenvalue weighted by molar-refractivity contribution is -0.153. The van der Waals surface area contributed by atoms with Gasteiger partial charge in [-0.2, -0.15) is 5.10 Å². The summed E-state index contributed by atoms with van der Waals surface area (Å²) in [5, 5.41) is 15.0. The van der Waals surface area contributed by atoms with Gasteiger partial charge in [-0.1, -0.05) is 48.5 Å². The Labute approximate surface area is 193 Å². The molecule has 9 nitrogen and oxygen atoms in total. The number of para-hydroxylation sites is 1. The van der Waals surface area contributed by atoms with E-state index < -0.39 is 23.9 Å². The van der Waals surface area contributed by atoms with E-state index in [2.05, 4.69) is 25.8 Å². The highest BCUT2D eigenvalue weighted by Crippen LogP contribution is 2.24. The molecule has 0 aliphatic rings. The highest BCUT2D eigenvalue weighted by atomic mass is 32.1. The van der Waals surface area contributed by atoms with Crippen molar-refractivity contribution in [2.75, 3.05) is 11.9 Å². The van der Waals surface area contributed by atoms with E-state index in [0.29, 0.717) is 10.5 Å². The molecule has 0 bridgehead atoms. The Hall–Kier alpha value is -4.05. The number of carbonyl (C=O) groups is 3. The smallest absolute Gasteiger partial charge is 0.308 e. The molecule has 0 aliphatic heterocycles. The molecule has 3 N–H and O–H groups in total. The van der Waals surface area contributed by atoms with Gasteiger partial charge < -0.3 is 10.1 Å². The van der Waals surface area contributed by atoms with Gasteiger partial charge in [-0.05, 0) is 13.0 Å². The number of thiazole rings is 1. The molecule has 10 heteroatoms. The van der Waals surface area contributed by atoms with Gasteiger partial charge >= 0.3 is 5.97 Å². The SMILES string of the molecule is CC(OC(=O)CCNC(=O)c1n[nH]c2ccccc12)C(=O)Nc1nc(-c2ccccc2)cs1. The van der Waals surface area contributed by atoms with E-state index in [9.17, 15) is 14.4 Å². The number of aromatic amines is 1. The summed E-state index contributed by atoms with van der Waals surface area (Å²) in [5.74, 6) is -1.48. The predicted molar refractivity (Wildman–Crippen MR) is 125 cm³/mol. The van der Waals surface area contributed by atoms with Crippen LogP contribution < -0.4 is 10.6 Å². The average Bonchev–Trinajstić information content (AvgIpc) is 3.47. The largest absolute Gasteiger partial charge is 0.452 e. The van der Waals surface area contributed by atoms with Crippen LogP contribution in [-0.2, 0) is 14.3 Å². The van der Waals surface area contributed by atoms with Crippen LogP contribution in [0.25, 0.3) is 22.2 Å². The highest BCUT2D eigenvalue weighted by Gasteiger charge is 2.20. The van der Waals surface area contributed by atoms with Gasteiger partial charge in [0.05, 0.1) is 17.6 Å². The van der Waals surface area contributed by atoms with E-state index in [1.165, 1.54) is 18.3 Å². The van der Waals surface area contributed by atoms with Crippen LogP contribution >= 0.6 is 11.3 Å². The number of nitrogens with zero attached hydrogens (tertiary/aromatic N) is 2. The molecular formula is C23H21N5O4S. The number of fused-ring (bicyclic) bond motifs is 1. The standard InChI is InChI=1S/C23H21N5O4S/c1-14(21(30)26-23-25-18(13-33-23)15-7-3-2-4-8-15)32-19(29)11-12-24-22(31)20-16-9-5-6-10-17(16)27-28-20/h2-10,13-14H,11-12H2,1H3,(H,24,31)(H,27,28)(H,25,26,30). The second-order valence-electron chi connectivity index (χ2n) is 7.15. The number of carbonyl (C=O) groups excluding carboxylic acids is 3. The molecule has 1 unspecified atom stereocenters. The number of nitrogens with one attached hydrogen (secondary N) is 3. The average molecular weight is 464 g/mol. The van der Waals surface area contributed by atoms with Gasteiger partial charge in [-0.15, -0.1) is 11.3 Å². The number of hydrogen-bond donors (Lipinski definition) is 3. The van der Waals surface area contributed by atoms with Crippen molar-refractivity contribution in [3.8, 4) is 11.3 Å². The van der Waals surface area contributed by atoms with Crippen molar-refractivity contribution in [3.63, 3.8) is 0 Å². The Morgan fingerprint density at radius 2 is 1.85 bits per heavy atom. The number of esters is 1. The summed E-state index contributed by atoms with van der Waals surface area (Å²) in [4.78, 5) is 41.2. The van der Waals surface area contributed by atoms with Crippen LogP contribution in [0.4, 0.5) is 5.13 Å². The molecule has 1 atom stereocenters. The van der Waals surface area contributed by atoms with Crippen LogP contribution in [0.2, 0.25) is 0 Å². The zero-order valence-corrected chi connectivity index (χ0v) is 18.5. The Morgan fingerprint density at radius 3 is 2.67 bits per heavy atom. The van der Waals surface area contributed by atoms with Gasteiger partial charge in [-0.25, -0.2) is 4.98 Å². The summed E-state index contributed by atoms with van der Waals surface area (Å²) < 4.78 is 5.17. The van der Waals surface area contributed by atoms with Gasteiger partial charge in [0.2, 0.25) is 0 Å². The minimum atomic E-state index is -1.01. The minimum Gasteiger partial charge on any atom is -0.452 e. The zero-order chi connectivity index (χ0) is 23.2. The summed E-state index contributed by atoms with van der Waals surface area (Å²) in [7, 11) is 0. The molecule has 0 fully saturated rings. The molecule has 0 spiro atoms. The van der Waals surface area contributed by atoms with Crippen LogP contribution in [0.1, 0.15) is 23.8 Å². The summed E-state index contributed by atoms with van der Waals surface area (Å²) in [6, 6.07) is 16.8. The monoisotopic (exact) mass is 463 g/mol. The van der Waals surface area contributed by atoms with Crippen LogP contribution in [0.3, 0.4) is 0 Å². The molecule has 2 heterocycles. The molecular weight excluding hydrogens is 442 g/mol. The fourth-order valence-electron chi connectivity index (χ4n) is 3.09. The lowest BCUT2D eigenvalue weighted by Crippen LogP contribution is -2.32. The lowest BCUT2D eigenvalue weighted by atomic mass is 10.2. The van der Waals surface area contributed by atoms with Crippen molar-refractivity contribution < 1.29 is 19.1 Å². The van der Waals surface area contributed by atoms with Crippen LogP contribution in [0.5, 0.6) is 0 Å². The molecule has 33 heavy (non-hydrogen) atoms. The number of rotatable bonds is 8. The molecule has 0 radical (unpaired) electrons. The molecule has 4 aromatic rings. The predicted octanol–water partition coefficient (Wildman–Crippen LogP) is 3.38. The number of H-pyrrole nitrogens is 1. The topological polar surface area (TPSA) is 126 Å². The van der Waals surface area contributed by atoms with Gasteiger partial charge in [0.25, 0.3) is 11.8 Å². The lowest BCUT2D eigenvalue weighted by Gasteiger charge is -2.12. The first-order valence-corrected chi connectivity index (χ1v) is 11.1. The third-order valence-corrected chi connectivity index (χ3v) is 5.54. The number of benzene rings is 2. The van der Waals surface area contributed by atoms with E-state index in [4.69, 9.17) is 4.74 Å². The Bertz CT molecular complexity index is 1280. The number of aromatic nitrogens is 3. The van der Waals surface area contributed by atoms with Crippen molar-refractivity contribution in [3.05, 3.63) is 65.7 Å². The van der Waals surface area contributed by atoms with Crippen molar-refractivity contribution in [1.82, 2.24) is 20.5 Å². The maximum atomic E-state index is 12.4. The van der Waals surface area contributed by atoms with Crippen LogP contribution in [0.15, 0.2) is 60.0 Å². The molecule has 2 aromatic heterocycles. The maximum absolute atomic E-state index is 12.4. The zero-order valence-electron chi connectivity index (χ0n) is 17.7. The highest BCUT2D eigenvalue weighted by molar-refractivity contribution is 7.14. The number of anilines is 1. The Kier molecular flexibility index (Phi) is 6.75. The number of hydrogen-bond acceptors (Lipinski definition) is 7. The Balaban J connectivity index is 1.22. The van der Waals surface area contributed by atoms with Crippen LogP contribution in [0, 0.1) is 0 Å². The van der Waals surface area contributed by atoms with Crippen LogP contribution in [-0.4, -0.2) is 45.6 Å². The molecule has 0 saturated heterocycles. The fraction of sp³-hybridized carbons (Fsp3) is 0.174. The summed E-state index contributed by atoms with van der Waals surface area (Å²) in [5.41, 5.74) is 2.70. The normalized spacial score (nSPS) is 11.7. The van der Waals surface area contributed by atoms with Crippen molar-refractivity contribution in [2.45, 2.75) is 19.4 Å². The maximum Gasteiger partial charge on any atom is 0.308 e. The summed E-state index contributed by atoms with van der Waals surface area (Å²) in [6.07, 6.45) is -1.09. The van der Waals surface area contributed by atoms with Gasteiger partial charge in [0.1, 0.15) is 0 Å². The van der Waals surface area contributed by atoms with Gasteiger partial charge in [0.15, 0.2) is 16.9 Å². The van der Waals surface area contributed by atoms with E-state index in [-0.39, 0.29) is 18.7 Å². The van der Waals surface area contributed by atoms with E-state index in [1.807, 2.05) is 53.9 Å². The van der Waals surface area contributed by atoms with E-state index in [1.54, 1.807) is 6.07 Å². The first-order valence-electron chi connectivity index (χ1n) is 10.2. The fourth-order valence-corrected chi connectivity index (χ4v) is 3.81. The molecule has 168 valence electrons. The first kappa shape index (κ1) is 22.2. The second-order valence-corrected chi connectivity index (χ2v) is 8.01.